The Hall–Kier alpha value is -1.24. The number of hydrogen-bond acceptors (Lipinski definition) is 5. The van der Waals surface area contributed by atoms with Crippen LogP contribution in [0.4, 0.5) is 4.79 Å². The van der Waals surface area contributed by atoms with E-state index in [2.05, 4.69) is 15.3 Å². The van der Waals surface area contributed by atoms with Crippen molar-refractivity contribution in [2.24, 2.45) is 5.16 Å². The lowest BCUT2D eigenvalue weighted by Gasteiger charge is -2.06. The Morgan fingerprint density at radius 3 is 2.92 bits per heavy atom. The lowest BCUT2D eigenvalue weighted by molar-refractivity contribution is -0.123. The predicted molar refractivity (Wildman–Crippen MR) is 48.2 cm³/mol. The summed E-state index contributed by atoms with van der Waals surface area (Å²) in [6.45, 7) is 0. The van der Waals surface area contributed by atoms with Gasteiger partial charge in [0.05, 0.1) is 5.75 Å². The van der Waals surface area contributed by atoms with Gasteiger partial charge in [-0.05, 0) is 5.16 Å². The summed E-state index contributed by atoms with van der Waals surface area (Å²) < 4.78 is 0. The lowest BCUT2D eigenvalue weighted by atomic mass is 10.6. The van der Waals surface area contributed by atoms with Crippen LogP contribution in [0, 0.1) is 0 Å². The summed E-state index contributed by atoms with van der Waals surface area (Å²) in [5, 5.41) is 6.13. The number of carbonyl (C=O) groups excluding carboxylic acids is 2. The van der Waals surface area contributed by atoms with E-state index < -0.39 is 6.09 Å². The van der Waals surface area contributed by atoms with Crippen LogP contribution in [-0.4, -0.2) is 41.9 Å². The van der Waals surface area contributed by atoms with Crippen molar-refractivity contribution in [3.8, 4) is 0 Å². The van der Waals surface area contributed by atoms with Crippen molar-refractivity contribution in [2.75, 3.05) is 19.8 Å². The standard InChI is InChI=1S/C6H9N3O3S/c1-7-6(11)12-8-5-9(2)4(10)3-13-5/h3H2,1-2H3,(H,7,11)/b8-5+. The molecule has 0 unspecified atom stereocenters. The molecule has 13 heavy (non-hydrogen) atoms. The second kappa shape index (κ2) is 4.13. The molecule has 1 heterocycles. The maximum atomic E-state index is 11.0. The van der Waals surface area contributed by atoms with Crippen molar-refractivity contribution < 1.29 is 14.4 Å². The predicted octanol–water partition coefficient (Wildman–Crippen LogP) is -0.181. The molecule has 0 radical (unpaired) electrons. The van der Waals surface area contributed by atoms with E-state index in [-0.39, 0.29) is 5.91 Å². The molecule has 0 bridgehead atoms. The minimum atomic E-state index is -0.652. The Morgan fingerprint density at radius 2 is 2.46 bits per heavy atom. The molecule has 0 aromatic carbocycles. The molecular weight excluding hydrogens is 194 g/mol. The first kappa shape index (κ1) is 9.85. The minimum absolute atomic E-state index is 0.0516. The number of amides is 2. The third-order valence-electron chi connectivity index (χ3n) is 1.40. The van der Waals surface area contributed by atoms with Gasteiger partial charge in [-0.25, -0.2) is 4.79 Å². The number of carbonyl (C=O) groups is 2. The second-order valence-electron chi connectivity index (χ2n) is 2.24. The number of nitrogens with zero attached hydrogens (tertiary/aromatic N) is 2. The number of nitrogens with one attached hydrogen (secondary N) is 1. The Morgan fingerprint density at radius 1 is 1.77 bits per heavy atom. The van der Waals surface area contributed by atoms with E-state index in [4.69, 9.17) is 0 Å². The number of thioether (sulfide) groups is 1. The van der Waals surface area contributed by atoms with Gasteiger partial charge in [0.25, 0.3) is 0 Å². The van der Waals surface area contributed by atoms with E-state index in [0.717, 1.165) is 0 Å². The molecule has 0 spiro atoms. The Bertz CT molecular complexity index is 266. The van der Waals surface area contributed by atoms with Gasteiger partial charge in [-0.3, -0.25) is 14.5 Å². The smallest absolute Gasteiger partial charge is 0.323 e. The highest BCUT2D eigenvalue weighted by Crippen LogP contribution is 2.16. The first-order valence-corrected chi connectivity index (χ1v) is 4.49. The van der Waals surface area contributed by atoms with Gasteiger partial charge in [-0.2, -0.15) is 0 Å². The number of oxime groups is 1. The zero-order valence-electron chi connectivity index (χ0n) is 7.23. The molecule has 0 atom stereocenters. The second-order valence-corrected chi connectivity index (χ2v) is 3.19. The maximum Gasteiger partial charge on any atom is 0.433 e. The number of rotatable bonds is 1. The van der Waals surface area contributed by atoms with Crippen molar-refractivity contribution >= 4 is 28.9 Å². The van der Waals surface area contributed by atoms with Gasteiger partial charge in [-0.1, -0.05) is 11.8 Å². The Kier molecular flexibility index (Phi) is 3.13. The van der Waals surface area contributed by atoms with E-state index in [1.54, 1.807) is 7.05 Å². The van der Waals surface area contributed by atoms with Gasteiger partial charge < -0.3 is 5.32 Å². The molecule has 6 nitrogen and oxygen atoms in total. The molecule has 7 heteroatoms. The largest absolute Gasteiger partial charge is 0.433 e. The lowest BCUT2D eigenvalue weighted by Crippen LogP contribution is -2.25. The van der Waals surface area contributed by atoms with Crippen LogP contribution in [0.5, 0.6) is 0 Å². The third-order valence-corrected chi connectivity index (χ3v) is 2.39. The summed E-state index contributed by atoms with van der Waals surface area (Å²) in [4.78, 5) is 27.3. The molecular formula is C6H9N3O3S. The monoisotopic (exact) mass is 203 g/mol. The van der Waals surface area contributed by atoms with E-state index in [0.29, 0.717) is 10.9 Å². The van der Waals surface area contributed by atoms with Gasteiger partial charge in [0.1, 0.15) is 0 Å². The summed E-state index contributed by atoms with van der Waals surface area (Å²) in [6, 6.07) is 0. The van der Waals surface area contributed by atoms with Crippen molar-refractivity contribution in [3.05, 3.63) is 0 Å². The van der Waals surface area contributed by atoms with E-state index >= 15 is 0 Å². The molecule has 0 aromatic heterocycles. The van der Waals surface area contributed by atoms with Crippen molar-refractivity contribution in [3.63, 3.8) is 0 Å². The molecule has 0 aliphatic carbocycles. The van der Waals surface area contributed by atoms with Crippen LogP contribution in [0.2, 0.25) is 0 Å². The van der Waals surface area contributed by atoms with Gasteiger partial charge in [0.15, 0.2) is 0 Å². The van der Waals surface area contributed by atoms with Gasteiger partial charge >= 0.3 is 6.09 Å². The first-order chi connectivity index (χ1) is 6.15. The van der Waals surface area contributed by atoms with E-state index in [9.17, 15) is 9.59 Å². The Labute approximate surface area is 79.3 Å². The summed E-state index contributed by atoms with van der Waals surface area (Å²) >= 11 is 1.23. The highest BCUT2D eigenvalue weighted by Gasteiger charge is 2.25. The Balaban J connectivity index is 2.53. The fraction of sp³-hybridized carbons (Fsp3) is 0.500. The first-order valence-electron chi connectivity index (χ1n) is 3.51. The highest BCUT2D eigenvalue weighted by atomic mass is 32.2. The average molecular weight is 203 g/mol. The number of hydrogen-bond donors (Lipinski definition) is 1. The summed E-state index contributed by atoms with van der Waals surface area (Å²) in [5.74, 6) is 0.288. The highest BCUT2D eigenvalue weighted by molar-refractivity contribution is 8.15. The van der Waals surface area contributed by atoms with E-state index in [1.807, 2.05) is 0 Å². The molecule has 1 rings (SSSR count). The average Bonchev–Trinajstić information content (AvgIpc) is 2.44. The molecule has 1 saturated heterocycles. The molecule has 1 aliphatic heterocycles. The molecule has 1 fully saturated rings. The van der Waals surface area contributed by atoms with Crippen LogP contribution in [0.25, 0.3) is 0 Å². The molecule has 2 amide bonds. The third kappa shape index (κ3) is 2.35. The summed E-state index contributed by atoms with van der Waals surface area (Å²) in [6.07, 6.45) is -0.652. The van der Waals surface area contributed by atoms with Crippen molar-refractivity contribution in [1.82, 2.24) is 10.2 Å². The van der Waals surface area contributed by atoms with Gasteiger partial charge in [-0.15, -0.1) is 0 Å². The maximum absolute atomic E-state index is 11.0. The zero-order chi connectivity index (χ0) is 9.84. The van der Waals surface area contributed by atoms with Crippen LogP contribution in [-0.2, 0) is 9.63 Å². The van der Waals surface area contributed by atoms with Crippen molar-refractivity contribution in [1.29, 1.82) is 0 Å². The molecule has 0 aromatic rings. The zero-order valence-corrected chi connectivity index (χ0v) is 8.05. The minimum Gasteiger partial charge on any atom is -0.323 e. The van der Waals surface area contributed by atoms with Crippen LogP contribution >= 0.6 is 11.8 Å². The van der Waals surface area contributed by atoms with Crippen LogP contribution in [0.1, 0.15) is 0 Å². The van der Waals surface area contributed by atoms with E-state index in [1.165, 1.54) is 23.7 Å². The van der Waals surface area contributed by atoms with Crippen LogP contribution in [0.15, 0.2) is 5.16 Å². The molecule has 1 aliphatic rings. The van der Waals surface area contributed by atoms with Crippen LogP contribution < -0.4 is 5.32 Å². The fourth-order valence-corrected chi connectivity index (χ4v) is 1.47. The molecule has 0 saturated carbocycles. The van der Waals surface area contributed by atoms with Crippen molar-refractivity contribution in [2.45, 2.75) is 0 Å². The van der Waals surface area contributed by atoms with Gasteiger partial charge in [0.2, 0.25) is 11.1 Å². The molecule has 72 valence electrons. The van der Waals surface area contributed by atoms with Gasteiger partial charge in [0, 0.05) is 14.1 Å². The SMILES string of the molecule is CNC(=O)O/N=C1/SCC(=O)N1C. The molecule has 1 N–H and O–H groups in total. The summed E-state index contributed by atoms with van der Waals surface area (Å²) in [7, 11) is 3.01. The number of amidine groups is 1. The van der Waals surface area contributed by atoms with Crippen LogP contribution in [0.3, 0.4) is 0 Å². The topological polar surface area (TPSA) is 71.0 Å². The summed E-state index contributed by atoms with van der Waals surface area (Å²) in [5.41, 5.74) is 0. The quantitative estimate of drug-likeness (QED) is 0.474. The normalized spacial score (nSPS) is 19.4. The fourth-order valence-electron chi connectivity index (χ4n) is 0.640.